The average molecular weight is 326 g/mol. The van der Waals surface area contributed by atoms with Gasteiger partial charge < -0.3 is 16.0 Å². The number of amides is 2. The molecule has 1 saturated heterocycles. The van der Waals surface area contributed by atoms with Crippen molar-refractivity contribution in [2.24, 2.45) is 0 Å². The second-order valence-electron chi connectivity index (χ2n) is 4.45. The van der Waals surface area contributed by atoms with Crippen molar-refractivity contribution in [1.29, 1.82) is 0 Å². The van der Waals surface area contributed by atoms with Crippen LogP contribution in [0.1, 0.15) is 23.7 Å². The molecule has 5 nitrogen and oxygen atoms in total. The number of rotatable bonds is 2. The van der Waals surface area contributed by atoms with Crippen LogP contribution in [0.2, 0.25) is 0 Å². The van der Waals surface area contributed by atoms with E-state index >= 15 is 0 Å². The highest BCUT2D eigenvalue weighted by Crippen LogP contribution is 2.22. The maximum Gasteiger partial charge on any atom is 0.256 e. The number of piperazine rings is 1. The van der Waals surface area contributed by atoms with E-state index in [0.717, 1.165) is 4.47 Å². The van der Waals surface area contributed by atoms with Gasteiger partial charge in [0.1, 0.15) is 6.04 Å². The van der Waals surface area contributed by atoms with Gasteiger partial charge in [-0.25, -0.2) is 0 Å². The van der Waals surface area contributed by atoms with Crippen LogP contribution in [-0.2, 0) is 4.79 Å². The van der Waals surface area contributed by atoms with Crippen LogP contribution in [0.3, 0.4) is 0 Å². The first-order valence-corrected chi connectivity index (χ1v) is 6.97. The maximum atomic E-state index is 12.5. The Morgan fingerprint density at radius 3 is 3.00 bits per heavy atom. The lowest BCUT2D eigenvalue weighted by Crippen LogP contribution is -2.57. The van der Waals surface area contributed by atoms with Crippen LogP contribution in [0.4, 0.5) is 5.69 Å². The second kappa shape index (κ2) is 5.61. The van der Waals surface area contributed by atoms with Gasteiger partial charge in [0.15, 0.2) is 0 Å². The Labute approximate surface area is 120 Å². The van der Waals surface area contributed by atoms with E-state index < -0.39 is 6.04 Å². The number of nitrogen functional groups attached to an aromatic ring is 1. The van der Waals surface area contributed by atoms with E-state index in [2.05, 4.69) is 21.2 Å². The van der Waals surface area contributed by atoms with Gasteiger partial charge in [-0.2, -0.15) is 0 Å². The highest BCUT2D eigenvalue weighted by Gasteiger charge is 2.32. The lowest BCUT2D eigenvalue weighted by molar-refractivity contribution is -0.127. The van der Waals surface area contributed by atoms with Gasteiger partial charge in [0.2, 0.25) is 5.91 Å². The minimum absolute atomic E-state index is 0.101. The molecule has 0 spiro atoms. The van der Waals surface area contributed by atoms with Gasteiger partial charge in [-0.05, 0) is 24.6 Å². The molecular weight excluding hydrogens is 310 g/mol. The first-order valence-electron chi connectivity index (χ1n) is 6.18. The molecule has 19 heavy (non-hydrogen) atoms. The van der Waals surface area contributed by atoms with Crippen molar-refractivity contribution in [1.82, 2.24) is 10.2 Å². The number of hydrogen-bond donors (Lipinski definition) is 2. The molecule has 2 rings (SSSR count). The molecule has 0 aliphatic carbocycles. The molecule has 6 heteroatoms. The van der Waals surface area contributed by atoms with Crippen LogP contribution < -0.4 is 11.1 Å². The summed E-state index contributed by atoms with van der Waals surface area (Å²) in [6.45, 7) is 2.88. The number of nitrogens with one attached hydrogen (secondary N) is 1. The van der Waals surface area contributed by atoms with Gasteiger partial charge in [0, 0.05) is 23.2 Å². The van der Waals surface area contributed by atoms with Gasteiger partial charge >= 0.3 is 0 Å². The zero-order valence-corrected chi connectivity index (χ0v) is 12.2. The Balaban J connectivity index is 2.32. The van der Waals surface area contributed by atoms with Crippen molar-refractivity contribution >= 4 is 33.4 Å². The van der Waals surface area contributed by atoms with Crippen molar-refractivity contribution in [2.45, 2.75) is 19.4 Å². The van der Waals surface area contributed by atoms with Crippen LogP contribution in [0.5, 0.6) is 0 Å². The number of hydrogen-bond acceptors (Lipinski definition) is 3. The van der Waals surface area contributed by atoms with Crippen LogP contribution in [0.25, 0.3) is 0 Å². The summed E-state index contributed by atoms with van der Waals surface area (Å²) in [5.74, 6) is -0.295. The summed E-state index contributed by atoms with van der Waals surface area (Å²) in [4.78, 5) is 25.9. The molecule has 0 bridgehead atoms. The number of nitrogens with zero attached hydrogens (tertiary/aromatic N) is 1. The van der Waals surface area contributed by atoms with E-state index in [1.807, 2.05) is 6.92 Å². The number of halogens is 1. The molecular formula is C13H16BrN3O2. The molecule has 2 amide bonds. The molecule has 1 heterocycles. The van der Waals surface area contributed by atoms with Gasteiger partial charge in [0.05, 0.1) is 5.56 Å². The van der Waals surface area contributed by atoms with Crippen LogP contribution in [0, 0.1) is 0 Å². The Kier molecular flexibility index (Phi) is 4.09. The third-order valence-corrected chi connectivity index (χ3v) is 3.72. The van der Waals surface area contributed by atoms with Crippen LogP contribution in [0.15, 0.2) is 22.7 Å². The van der Waals surface area contributed by atoms with Gasteiger partial charge in [-0.3, -0.25) is 9.59 Å². The fourth-order valence-corrected chi connectivity index (χ4v) is 2.59. The fourth-order valence-electron chi connectivity index (χ4n) is 2.23. The summed E-state index contributed by atoms with van der Waals surface area (Å²) in [6.07, 6.45) is 0.589. The normalized spacial score (nSPS) is 19.2. The topological polar surface area (TPSA) is 75.4 Å². The van der Waals surface area contributed by atoms with Crippen molar-refractivity contribution in [3.63, 3.8) is 0 Å². The summed E-state index contributed by atoms with van der Waals surface area (Å²) >= 11 is 3.33. The Bertz CT molecular complexity index is 519. The van der Waals surface area contributed by atoms with E-state index in [9.17, 15) is 9.59 Å². The van der Waals surface area contributed by atoms with Crippen molar-refractivity contribution in [2.75, 3.05) is 18.8 Å². The molecule has 0 aromatic heterocycles. The molecule has 0 radical (unpaired) electrons. The summed E-state index contributed by atoms with van der Waals surface area (Å²) in [7, 11) is 0. The van der Waals surface area contributed by atoms with Crippen molar-refractivity contribution in [3.05, 3.63) is 28.2 Å². The number of benzene rings is 1. The quantitative estimate of drug-likeness (QED) is 0.807. The zero-order valence-electron chi connectivity index (χ0n) is 10.6. The average Bonchev–Trinajstić information content (AvgIpc) is 2.40. The number of carbonyl (C=O) groups excluding carboxylic acids is 2. The number of carbonyl (C=O) groups is 2. The van der Waals surface area contributed by atoms with E-state index in [1.165, 1.54) is 0 Å². The highest BCUT2D eigenvalue weighted by atomic mass is 79.9. The minimum atomic E-state index is -0.417. The summed E-state index contributed by atoms with van der Waals surface area (Å²) in [6, 6.07) is 4.74. The molecule has 1 atom stereocenters. The minimum Gasteiger partial charge on any atom is -0.398 e. The molecule has 1 aliphatic rings. The van der Waals surface area contributed by atoms with E-state index in [1.54, 1.807) is 23.1 Å². The fraction of sp³-hybridized carbons (Fsp3) is 0.385. The van der Waals surface area contributed by atoms with Gasteiger partial charge in [-0.15, -0.1) is 0 Å². The Morgan fingerprint density at radius 2 is 2.32 bits per heavy atom. The van der Waals surface area contributed by atoms with Gasteiger partial charge in [-0.1, -0.05) is 22.9 Å². The third kappa shape index (κ3) is 2.73. The summed E-state index contributed by atoms with van der Waals surface area (Å²) in [5.41, 5.74) is 6.71. The first-order chi connectivity index (χ1) is 9.04. The Morgan fingerprint density at radius 1 is 1.58 bits per heavy atom. The SMILES string of the molecule is CCC1C(=O)NCCN1C(=O)c1cc(Br)ccc1N. The molecule has 1 aromatic rings. The smallest absolute Gasteiger partial charge is 0.256 e. The van der Waals surface area contributed by atoms with Gasteiger partial charge in [0.25, 0.3) is 5.91 Å². The largest absolute Gasteiger partial charge is 0.398 e. The van der Waals surface area contributed by atoms with Crippen molar-refractivity contribution in [3.8, 4) is 0 Å². The zero-order chi connectivity index (χ0) is 14.0. The predicted molar refractivity (Wildman–Crippen MR) is 76.7 cm³/mol. The lowest BCUT2D eigenvalue weighted by Gasteiger charge is -2.34. The molecule has 3 N–H and O–H groups in total. The molecule has 1 aliphatic heterocycles. The second-order valence-corrected chi connectivity index (χ2v) is 5.36. The number of nitrogens with two attached hydrogens (primary N) is 1. The molecule has 1 unspecified atom stereocenters. The lowest BCUT2D eigenvalue weighted by atomic mass is 10.1. The van der Waals surface area contributed by atoms with E-state index in [-0.39, 0.29) is 11.8 Å². The molecule has 102 valence electrons. The first kappa shape index (κ1) is 13.9. The summed E-state index contributed by atoms with van der Waals surface area (Å²) in [5, 5.41) is 2.77. The molecule has 0 saturated carbocycles. The standard InChI is InChI=1S/C13H16BrN3O2/c1-2-11-12(18)16-5-6-17(11)13(19)9-7-8(14)3-4-10(9)15/h3-4,7,11H,2,5-6,15H2,1H3,(H,16,18). The third-order valence-electron chi connectivity index (χ3n) is 3.22. The van der Waals surface area contributed by atoms with Crippen molar-refractivity contribution < 1.29 is 9.59 Å². The van der Waals surface area contributed by atoms with Crippen LogP contribution in [-0.4, -0.2) is 35.8 Å². The highest BCUT2D eigenvalue weighted by molar-refractivity contribution is 9.10. The predicted octanol–water partition coefficient (Wildman–Crippen LogP) is 1.38. The monoisotopic (exact) mass is 325 g/mol. The Hall–Kier alpha value is -1.56. The molecule has 1 aromatic carbocycles. The number of anilines is 1. The molecule has 1 fully saturated rings. The van der Waals surface area contributed by atoms with Crippen LogP contribution >= 0.6 is 15.9 Å². The van der Waals surface area contributed by atoms with E-state index in [4.69, 9.17) is 5.73 Å². The summed E-state index contributed by atoms with van der Waals surface area (Å²) < 4.78 is 0.791. The maximum absolute atomic E-state index is 12.5. The van der Waals surface area contributed by atoms with E-state index in [0.29, 0.717) is 30.8 Å².